The maximum absolute atomic E-state index is 13.8. The molecule has 0 aliphatic heterocycles. The Bertz CT molecular complexity index is 1800. The molecule has 2 N–H and O–H groups in total. The summed E-state index contributed by atoms with van der Waals surface area (Å²) in [6, 6.07) is 9.87. The molecule has 0 aliphatic rings. The molecule has 0 aliphatic carbocycles. The number of thiazole rings is 1. The van der Waals surface area contributed by atoms with E-state index in [-0.39, 0.29) is 33.1 Å². The van der Waals surface area contributed by atoms with Crippen LogP contribution in [-0.2, 0) is 6.18 Å². The fraction of sp³-hybridized carbons (Fsp3) is 0.154. The zero-order valence-electron chi connectivity index (χ0n) is 19.7. The highest BCUT2D eigenvalue weighted by atomic mass is 35.5. The van der Waals surface area contributed by atoms with Crippen molar-refractivity contribution in [2.75, 3.05) is 5.32 Å². The van der Waals surface area contributed by atoms with Gasteiger partial charge in [-0.05, 0) is 56.3 Å². The van der Waals surface area contributed by atoms with Crippen molar-refractivity contribution in [3.05, 3.63) is 85.7 Å². The van der Waals surface area contributed by atoms with Crippen LogP contribution in [0.25, 0.3) is 32.5 Å². The number of aromatic nitrogens is 2. The number of carboxylic acids is 1. The maximum Gasteiger partial charge on any atom is 0.416 e. The predicted molar refractivity (Wildman–Crippen MR) is 139 cm³/mol. The monoisotopic (exact) mass is 559 g/mol. The van der Waals surface area contributed by atoms with Gasteiger partial charge in [-0.3, -0.25) is 4.79 Å². The standard InChI is InChI=1S/C26H17ClF3N3O4S/c1-11(31-18-5-6-22(27)33-23(18)25(35)36)15-8-14(26(28,29)30)9-16-19(34)10-20(37-24(15)16)13-3-4-17-21(7-13)38-12(2)32-17/h3-11,31H,1-2H3,(H,35,36). The number of rotatable bonds is 5. The normalized spacial score (nSPS) is 12.7. The fourth-order valence-electron chi connectivity index (χ4n) is 4.13. The van der Waals surface area contributed by atoms with Gasteiger partial charge in [0.1, 0.15) is 16.5 Å². The van der Waals surface area contributed by atoms with Crippen molar-refractivity contribution in [1.82, 2.24) is 9.97 Å². The molecule has 194 valence electrons. The van der Waals surface area contributed by atoms with E-state index in [1.54, 1.807) is 18.2 Å². The first kappa shape index (κ1) is 25.7. The van der Waals surface area contributed by atoms with Crippen molar-refractivity contribution in [2.24, 2.45) is 0 Å². The van der Waals surface area contributed by atoms with Crippen molar-refractivity contribution in [1.29, 1.82) is 0 Å². The Kier molecular flexibility index (Phi) is 6.36. The van der Waals surface area contributed by atoms with Crippen LogP contribution >= 0.6 is 22.9 Å². The van der Waals surface area contributed by atoms with Crippen LogP contribution in [-0.4, -0.2) is 21.0 Å². The molecule has 0 radical (unpaired) electrons. The summed E-state index contributed by atoms with van der Waals surface area (Å²) >= 11 is 7.27. The molecule has 3 aromatic heterocycles. The SMILES string of the molecule is Cc1nc2ccc(-c3cc(=O)c4cc(C(F)(F)F)cc(C(C)Nc5ccc(Cl)nc5C(=O)O)c4o3)cc2s1. The van der Waals surface area contributed by atoms with E-state index in [4.69, 9.17) is 16.0 Å². The van der Waals surface area contributed by atoms with Gasteiger partial charge in [0.2, 0.25) is 0 Å². The molecule has 2 aromatic carbocycles. The number of aryl methyl sites for hydroxylation is 1. The third kappa shape index (κ3) is 4.82. The molecular weight excluding hydrogens is 543 g/mol. The summed E-state index contributed by atoms with van der Waals surface area (Å²) in [5, 5.41) is 12.9. The zero-order valence-corrected chi connectivity index (χ0v) is 21.3. The van der Waals surface area contributed by atoms with Gasteiger partial charge in [0.15, 0.2) is 11.1 Å². The molecule has 0 bridgehead atoms. The van der Waals surface area contributed by atoms with Crippen LogP contribution in [0.5, 0.6) is 0 Å². The molecule has 0 fully saturated rings. The first-order chi connectivity index (χ1) is 17.9. The quantitative estimate of drug-likeness (QED) is 0.217. The van der Waals surface area contributed by atoms with Crippen molar-refractivity contribution in [2.45, 2.75) is 26.1 Å². The van der Waals surface area contributed by atoms with E-state index in [1.807, 2.05) is 6.92 Å². The molecule has 5 aromatic rings. The lowest BCUT2D eigenvalue weighted by Crippen LogP contribution is -2.15. The number of alkyl halides is 3. The molecule has 1 unspecified atom stereocenters. The van der Waals surface area contributed by atoms with E-state index in [1.165, 1.54) is 30.4 Å². The van der Waals surface area contributed by atoms with E-state index < -0.39 is 34.9 Å². The molecule has 38 heavy (non-hydrogen) atoms. The molecule has 0 saturated heterocycles. The maximum atomic E-state index is 13.8. The molecule has 0 spiro atoms. The number of nitrogens with one attached hydrogen (secondary N) is 1. The minimum Gasteiger partial charge on any atom is -0.476 e. The van der Waals surface area contributed by atoms with E-state index in [9.17, 15) is 27.9 Å². The minimum atomic E-state index is -4.74. The van der Waals surface area contributed by atoms with Crippen molar-refractivity contribution in [3.63, 3.8) is 0 Å². The predicted octanol–water partition coefficient (Wildman–Crippen LogP) is 7.32. The summed E-state index contributed by atoms with van der Waals surface area (Å²) in [7, 11) is 0. The fourth-order valence-corrected chi connectivity index (χ4v) is 5.14. The number of pyridine rings is 1. The molecule has 12 heteroatoms. The summed E-state index contributed by atoms with van der Waals surface area (Å²) in [5.74, 6) is -1.21. The van der Waals surface area contributed by atoms with E-state index in [2.05, 4.69) is 15.3 Å². The molecular formula is C26H17ClF3N3O4S. The summed E-state index contributed by atoms with van der Waals surface area (Å²) in [6.45, 7) is 3.39. The molecule has 3 heterocycles. The van der Waals surface area contributed by atoms with Crippen molar-refractivity contribution in [3.8, 4) is 11.3 Å². The van der Waals surface area contributed by atoms with Gasteiger partial charge in [0.05, 0.1) is 37.9 Å². The lowest BCUT2D eigenvalue weighted by molar-refractivity contribution is -0.137. The molecule has 5 rings (SSSR count). The number of halogens is 4. The summed E-state index contributed by atoms with van der Waals surface area (Å²) in [4.78, 5) is 32.9. The Morgan fingerprint density at radius 3 is 2.61 bits per heavy atom. The lowest BCUT2D eigenvalue weighted by Gasteiger charge is -2.20. The first-order valence-electron chi connectivity index (χ1n) is 11.1. The number of benzene rings is 2. The van der Waals surface area contributed by atoms with Crippen molar-refractivity contribution >= 4 is 55.8 Å². The second-order valence-electron chi connectivity index (χ2n) is 8.53. The number of hydrogen-bond donors (Lipinski definition) is 2. The molecule has 1 atom stereocenters. The lowest BCUT2D eigenvalue weighted by atomic mass is 9.99. The Morgan fingerprint density at radius 1 is 1.13 bits per heavy atom. The Balaban J connectivity index is 1.69. The summed E-state index contributed by atoms with van der Waals surface area (Å²) in [6.07, 6.45) is -4.74. The number of hydrogen-bond acceptors (Lipinski definition) is 7. The van der Waals surface area contributed by atoms with Gasteiger partial charge in [0.25, 0.3) is 0 Å². The molecule has 7 nitrogen and oxygen atoms in total. The average Bonchev–Trinajstić information content (AvgIpc) is 3.23. The van der Waals surface area contributed by atoms with Crippen molar-refractivity contribution < 1.29 is 27.5 Å². The van der Waals surface area contributed by atoms with Crippen LogP contribution in [0.4, 0.5) is 18.9 Å². The van der Waals surface area contributed by atoms with Crippen LogP contribution in [0.1, 0.15) is 39.6 Å². The van der Waals surface area contributed by atoms with Crippen LogP contribution in [0.2, 0.25) is 5.15 Å². The number of carbonyl (C=O) groups is 1. The first-order valence-corrected chi connectivity index (χ1v) is 12.3. The van der Waals surface area contributed by atoms with E-state index in [0.717, 1.165) is 33.4 Å². The highest BCUT2D eigenvalue weighted by molar-refractivity contribution is 7.18. The van der Waals surface area contributed by atoms with Gasteiger partial charge in [-0.2, -0.15) is 13.2 Å². The average molecular weight is 560 g/mol. The number of aromatic carboxylic acids is 1. The largest absolute Gasteiger partial charge is 0.476 e. The summed E-state index contributed by atoms with van der Waals surface area (Å²) < 4.78 is 48.2. The number of nitrogens with zero attached hydrogens (tertiary/aromatic N) is 2. The molecule has 0 amide bonds. The van der Waals surface area contributed by atoms with Crippen LogP contribution in [0.15, 0.2) is 57.7 Å². The van der Waals surface area contributed by atoms with Crippen LogP contribution < -0.4 is 10.7 Å². The Morgan fingerprint density at radius 2 is 1.89 bits per heavy atom. The van der Waals surface area contributed by atoms with Gasteiger partial charge in [0, 0.05) is 17.2 Å². The van der Waals surface area contributed by atoms with Gasteiger partial charge < -0.3 is 14.8 Å². The third-order valence-corrected chi connectivity index (χ3v) is 7.01. The van der Waals surface area contributed by atoms with Gasteiger partial charge in [-0.1, -0.05) is 11.6 Å². The third-order valence-electron chi connectivity index (χ3n) is 5.87. The number of fused-ring (bicyclic) bond motifs is 2. The van der Waals surface area contributed by atoms with Gasteiger partial charge in [-0.15, -0.1) is 11.3 Å². The topological polar surface area (TPSA) is 105 Å². The van der Waals surface area contributed by atoms with E-state index in [0.29, 0.717) is 5.56 Å². The second-order valence-corrected chi connectivity index (χ2v) is 10.2. The number of anilines is 1. The van der Waals surface area contributed by atoms with Gasteiger partial charge >= 0.3 is 12.1 Å². The summed E-state index contributed by atoms with van der Waals surface area (Å²) in [5.41, 5.74) is -0.779. The smallest absolute Gasteiger partial charge is 0.416 e. The second kappa shape index (κ2) is 9.41. The minimum absolute atomic E-state index is 0.00905. The Labute approximate surface area is 221 Å². The van der Waals surface area contributed by atoms with Crippen LogP contribution in [0, 0.1) is 6.92 Å². The molecule has 0 saturated carbocycles. The zero-order chi connectivity index (χ0) is 27.4. The van der Waals surface area contributed by atoms with E-state index >= 15 is 0 Å². The number of carboxylic acid groups (broad SMARTS) is 1. The Hall–Kier alpha value is -3.96. The van der Waals surface area contributed by atoms with Crippen LogP contribution in [0.3, 0.4) is 0 Å². The van der Waals surface area contributed by atoms with Gasteiger partial charge in [-0.25, -0.2) is 14.8 Å². The highest BCUT2D eigenvalue weighted by Crippen LogP contribution is 2.37. The highest BCUT2D eigenvalue weighted by Gasteiger charge is 2.33.